The van der Waals surface area contributed by atoms with Crippen molar-refractivity contribution in [3.63, 3.8) is 0 Å². The zero-order valence-corrected chi connectivity index (χ0v) is 17.6. The van der Waals surface area contributed by atoms with Crippen molar-refractivity contribution < 1.29 is 4.79 Å². The molecule has 1 aromatic heterocycles. The normalized spacial score (nSPS) is 11.1. The predicted molar refractivity (Wildman–Crippen MR) is 114 cm³/mol. The summed E-state index contributed by atoms with van der Waals surface area (Å²) in [6.07, 6.45) is 1.66. The molecule has 1 amide bonds. The van der Waals surface area contributed by atoms with Gasteiger partial charge >= 0.3 is 0 Å². The van der Waals surface area contributed by atoms with Crippen LogP contribution in [0, 0.1) is 20.8 Å². The van der Waals surface area contributed by atoms with E-state index in [1.807, 2.05) is 56.3 Å². The van der Waals surface area contributed by atoms with Gasteiger partial charge in [-0.05, 0) is 72.6 Å². The summed E-state index contributed by atoms with van der Waals surface area (Å²) >= 11 is 9.55. The highest BCUT2D eigenvalue weighted by molar-refractivity contribution is 9.10. The molecule has 1 heterocycles. The van der Waals surface area contributed by atoms with Crippen molar-refractivity contribution in [1.82, 2.24) is 9.99 Å². The zero-order chi connectivity index (χ0) is 19.6. The number of nitrogens with one attached hydrogen (secondary N) is 1. The minimum absolute atomic E-state index is 0.266. The molecular formula is C21H19BrClN3O. The van der Waals surface area contributed by atoms with Crippen LogP contribution in [0.3, 0.4) is 0 Å². The number of amides is 1. The largest absolute Gasteiger partial charge is 0.318 e. The summed E-state index contributed by atoms with van der Waals surface area (Å²) in [6.45, 7) is 6.10. The number of benzene rings is 2. The van der Waals surface area contributed by atoms with E-state index < -0.39 is 0 Å². The van der Waals surface area contributed by atoms with Gasteiger partial charge in [-0.25, -0.2) is 5.43 Å². The molecule has 2 aromatic carbocycles. The van der Waals surface area contributed by atoms with Crippen molar-refractivity contribution in [1.29, 1.82) is 0 Å². The molecule has 0 radical (unpaired) electrons. The van der Waals surface area contributed by atoms with E-state index in [-0.39, 0.29) is 5.91 Å². The first-order valence-electron chi connectivity index (χ1n) is 8.42. The van der Waals surface area contributed by atoms with Gasteiger partial charge < -0.3 is 4.57 Å². The fourth-order valence-corrected chi connectivity index (χ4v) is 3.61. The van der Waals surface area contributed by atoms with Crippen LogP contribution in [0.15, 0.2) is 58.1 Å². The van der Waals surface area contributed by atoms with E-state index in [9.17, 15) is 4.79 Å². The van der Waals surface area contributed by atoms with Crippen LogP contribution in [0.1, 0.15) is 32.9 Å². The molecule has 0 aliphatic rings. The Hall–Kier alpha value is -2.37. The van der Waals surface area contributed by atoms with Gasteiger partial charge in [0.25, 0.3) is 5.91 Å². The quantitative estimate of drug-likeness (QED) is 0.414. The monoisotopic (exact) mass is 443 g/mol. The smallest absolute Gasteiger partial charge is 0.272 e. The van der Waals surface area contributed by atoms with Crippen LogP contribution in [0.25, 0.3) is 5.69 Å². The molecular weight excluding hydrogens is 426 g/mol. The number of halogens is 2. The van der Waals surface area contributed by atoms with Crippen LogP contribution in [0.2, 0.25) is 5.02 Å². The van der Waals surface area contributed by atoms with Crippen LogP contribution in [-0.4, -0.2) is 16.7 Å². The van der Waals surface area contributed by atoms with Crippen LogP contribution >= 0.6 is 27.5 Å². The molecule has 0 atom stereocenters. The van der Waals surface area contributed by atoms with E-state index in [0.29, 0.717) is 10.6 Å². The molecule has 3 rings (SSSR count). The molecule has 27 heavy (non-hydrogen) atoms. The molecule has 0 fully saturated rings. The summed E-state index contributed by atoms with van der Waals surface area (Å²) in [5.41, 5.74) is 8.30. The first-order chi connectivity index (χ1) is 12.9. The van der Waals surface area contributed by atoms with Crippen molar-refractivity contribution in [3.8, 4) is 5.69 Å². The van der Waals surface area contributed by atoms with E-state index in [0.717, 1.165) is 32.7 Å². The number of carbonyl (C=O) groups excluding carboxylic acids is 1. The second-order valence-electron chi connectivity index (χ2n) is 6.27. The first-order valence-corrected chi connectivity index (χ1v) is 9.59. The number of aromatic nitrogens is 1. The third kappa shape index (κ3) is 4.15. The number of hydrogen-bond acceptors (Lipinski definition) is 2. The average molecular weight is 445 g/mol. The highest BCUT2D eigenvalue weighted by atomic mass is 79.9. The van der Waals surface area contributed by atoms with Crippen LogP contribution < -0.4 is 5.43 Å². The van der Waals surface area contributed by atoms with Crippen molar-refractivity contribution >= 4 is 39.7 Å². The Balaban J connectivity index is 1.85. The van der Waals surface area contributed by atoms with Crippen molar-refractivity contribution in [2.45, 2.75) is 20.8 Å². The SMILES string of the molecule is Cc1ccc(Cl)cc1-n1c(C)cc(/C=N/NC(=O)c2ccccc2Br)c1C. The number of hydrogen-bond donors (Lipinski definition) is 1. The lowest BCUT2D eigenvalue weighted by molar-refractivity contribution is 0.0954. The summed E-state index contributed by atoms with van der Waals surface area (Å²) in [5.74, 6) is -0.266. The van der Waals surface area contributed by atoms with Crippen molar-refractivity contribution in [3.05, 3.63) is 86.1 Å². The second kappa shape index (κ2) is 8.11. The van der Waals surface area contributed by atoms with E-state index in [1.165, 1.54) is 0 Å². The molecule has 0 bridgehead atoms. The maximum atomic E-state index is 12.2. The standard InChI is InChI=1S/C21H19BrClN3O/c1-13-8-9-17(23)11-20(13)26-14(2)10-16(15(26)3)12-24-25-21(27)18-6-4-5-7-19(18)22/h4-12H,1-3H3,(H,25,27)/b24-12+. The van der Waals surface area contributed by atoms with Gasteiger partial charge in [-0.3, -0.25) is 4.79 Å². The van der Waals surface area contributed by atoms with Gasteiger partial charge in [0, 0.05) is 32.1 Å². The maximum absolute atomic E-state index is 12.2. The molecule has 3 aromatic rings. The number of nitrogens with zero attached hydrogens (tertiary/aromatic N) is 2. The van der Waals surface area contributed by atoms with E-state index in [1.54, 1.807) is 12.3 Å². The van der Waals surface area contributed by atoms with Gasteiger partial charge in [0.1, 0.15) is 0 Å². The molecule has 4 nitrogen and oxygen atoms in total. The Bertz CT molecular complexity index is 1040. The third-order valence-corrected chi connectivity index (χ3v) is 5.30. The maximum Gasteiger partial charge on any atom is 0.272 e. The van der Waals surface area contributed by atoms with Crippen LogP contribution in [-0.2, 0) is 0 Å². The Morgan fingerprint density at radius 3 is 2.63 bits per heavy atom. The van der Waals surface area contributed by atoms with Gasteiger partial charge in [-0.1, -0.05) is 29.8 Å². The average Bonchev–Trinajstić information content (AvgIpc) is 2.91. The van der Waals surface area contributed by atoms with Crippen molar-refractivity contribution in [2.24, 2.45) is 5.10 Å². The summed E-state index contributed by atoms with van der Waals surface area (Å²) < 4.78 is 2.87. The fraction of sp³-hybridized carbons (Fsp3) is 0.143. The minimum atomic E-state index is -0.266. The molecule has 0 aliphatic heterocycles. The molecule has 138 valence electrons. The number of hydrazone groups is 1. The van der Waals surface area contributed by atoms with Crippen LogP contribution in [0.4, 0.5) is 0 Å². The molecule has 0 aliphatic carbocycles. The molecule has 0 spiro atoms. The Morgan fingerprint density at radius 2 is 1.89 bits per heavy atom. The highest BCUT2D eigenvalue weighted by Gasteiger charge is 2.12. The summed E-state index contributed by atoms with van der Waals surface area (Å²) in [6, 6.07) is 15.1. The minimum Gasteiger partial charge on any atom is -0.318 e. The van der Waals surface area contributed by atoms with E-state index in [2.05, 4.69) is 37.9 Å². The summed E-state index contributed by atoms with van der Waals surface area (Å²) in [4.78, 5) is 12.2. The van der Waals surface area contributed by atoms with Crippen molar-refractivity contribution in [2.75, 3.05) is 0 Å². The molecule has 0 unspecified atom stereocenters. The molecule has 1 N–H and O–H groups in total. The Kier molecular flexibility index (Phi) is 5.82. The predicted octanol–water partition coefficient (Wildman–Crippen LogP) is 5.58. The Morgan fingerprint density at radius 1 is 1.15 bits per heavy atom. The summed E-state index contributed by atoms with van der Waals surface area (Å²) in [5, 5.41) is 4.82. The number of aryl methyl sites for hydroxylation is 2. The number of carbonyl (C=O) groups is 1. The summed E-state index contributed by atoms with van der Waals surface area (Å²) in [7, 11) is 0. The zero-order valence-electron chi connectivity index (χ0n) is 15.3. The molecule has 0 saturated carbocycles. The molecule has 0 saturated heterocycles. The highest BCUT2D eigenvalue weighted by Crippen LogP contribution is 2.25. The molecule has 6 heteroatoms. The fourth-order valence-electron chi connectivity index (χ4n) is 2.98. The van der Waals surface area contributed by atoms with Gasteiger partial charge in [0.2, 0.25) is 0 Å². The lowest BCUT2D eigenvalue weighted by atomic mass is 10.2. The van der Waals surface area contributed by atoms with Gasteiger partial charge in [-0.15, -0.1) is 0 Å². The van der Waals surface area contributed by atoms with Gasteiger partial charge in [0.15, 0.2) is 0 Å². The van der Waals surface area contributed by atoms with Gasteiger partial charge in [-0.2, -0.15) is 5.10 Å². The van der Waals surface area contributed by atoms with Gasteiger partial charge in [0.05, 0.1) is 11.8 Å². The topological polar surface area (TPSA) is 46.4 Å². The lowest BCUT2D eigenvalue weighted by Crippen LogP contribution is -2.18. The first kappa shape index (κ1) is 19.4. The number of rotatable bonds is 4. The third-order valence-electron chi connectivity index (χ3n) is 4.37. The lowest BCUT2D eigenvalue weighted by Gasteiger charge is -2.13. The van der Waals surface area contributed by atoms with Crippen LogP contribution in [0.5, 0.6) is 0 Å². The van der Waals surface area contributed by atoms with E-state index in [4.69, 9.17) is 11.6 Å². The second-order valence-corrected chi connectivity index (χ2v) is 7.56. The van der Waals surface area contributed by atoms with E-state index >= 15 is 0 Å². The Labute approximate surface area is 172 Å².